The van der Waals surface area contributed by atoms with Crippen LogP contribution in [0.15, 0.2) is 24.3 Å². The lowest BCUT2D eigenvalue weighted by Crippen LogP contribution is -2.51. The third-order valence-electron chi connectivity index (χ3n) is 6.27. The van der Waals surface area contributed by atoms with Crippen LogP contribution in [0.25, 0.3) is 0 Å². The lowest BCUT2D eigenvalue weighted by molar-refractivity contribution is -0.125. The number of nitrogens with zero attached hydrogens (tertiary/aromatic N) is 2. The van der Waals surface area contributed by atoms with E-state index in [-0.39, 0.29) is 5.92 Å². The standard InChI is InChI=1S/C19H27N3O/c1-21-9-10-22(17-8-3-2-7-16(17)21)19(23)15-11-13-5-4-6-14(12-15)18(13)20/h2-3,7-8,13-15,18H,4-6,9-12,20H2,1H3. The minimum atomic E-state index is 0.168. The zero-order chi connectivity index (χ0) is 16.0. The summed E-state index contributed by atoms with van der Waals surface area (Å²) in [5, 5.41) is 0. The molecule has 0 spiro atoms. The zero-order valence-electron chi connectivity index (χ0n) is 13.9. The molecule has 4 heteroatoms. The second-order valence-electron chi connectivity index (χ2n) is 7.60. The molecule has 2 saturated carbocycles. The van der Waals surface area contributed by atoms with Crippen LogP contribution in [0.4, 0.5) is 11.4 Å². The van der Waals surface area contributed by atoms with Gasteiger partial charge in [0.2, 0.25) is 5.91 Å². The van der Waals surface area contributed by atoms with E-state index < -0.39 is 0 Å². The van der Waals surface area contributed by atoms with Crippen molar-refractivity contribution in [2.24, 2.45) is 23.5 Å². The predicted octanol–water partition coefficient (Wildman–Crippen LogP) is 2.62. The fourth-order valence-electron chi connectivity index (χ4n) is 4.95. The molecular formula is C19H27N3O. The Bertz CT molecular complexity index is 588. The van der Waals surface area contributed by atoms with E-state index in [1.165, 1.54) is 24.9 Å². The fourth-order valence-corrected chi connectivity index (χ4v) is 4.95. The molecule has 2 aliphatic carbocycles. The number of fused-ring (bicyclic) bond motifs is 3. The van der Waals surface area contributed by atoms with Gasteiger partial charge in [0, 0.05) is 32.1 Å². The lowest BCUT2D eigenvalue weighted by Gasteiger charge is -2.45. The van der Waals surface area contributed by atoms with Gasteiger partial charge in [0.15, 0.2) is 0 Å². The molecule has 1 aromatic carbocycles. The maximum Gasteiger partial charge on any atom is 0.230 e. The Kier molecular flexibility index (Phi) is 3.80. The van der Waals surface area contributed by atoms with Crippen LogP contribution in [-0.2, 0) is 4.79 Å². The molecule has 4 rings (SSSR count). The van der Waals surface area contributed by atoms with Crippen molar-refractivity contribution in [2.75, 3.05) is 29.9 Å². The summed E-state index contributed by atoms with van der Waals surface area (Å²) < 4.78 is 0. The van der Waals surface area contributed by atoms with Gasteiger partial charge in [0.25, 0.3) is 0 Å². The molecule has 23 heavy (non-hydrogen) atoms. The molecule has 0 radical (unpaired) electrons. The highest BCUT2D eigenvalue weighted by Gasteiger charge is 2.42. The number of hydrogen-bond acceptors (Lipinski definition) is 3. The Morgan fingerprint density at radius 2 is 1.74 bits per heavy atom. The van der Waals surface area contributed by atoms with Gasteiger partial charge in [-0.2, -0.15) is 0 Å². The number of hydrogen-bond donors (Lipinski definition) is 1. The Labute approximate surface area is 138 Å². The molecular weight excluding hydrogens is 286 g/mol. The summed E-state index contributed by atoms with van der Waals surface area (Å²) in [4.78, 5) is 17.5. The summed E-state index contributed by atoms with van der Waals surface area (Å²) in [5.74, 6) is 1.61. The van der Waals surface area contributed by atoms with Gasteiger partial charge in [-0.3, -0.25) is 4.79 Å². The lowest BCUT2D eigenvalue weighted by atomic mass is 9.65. The van der Waals surface area contributed by atoms with Gasteiger partial charge in [-0.25, -0.2) is 0 Å². The molecule has 4 nitrogen and oxygen atoms in total. The Morgan fingerprint density at radius 3 is 2.43 bits per heavy atom. The van der Waals surface area contributed by atoms with Crippen LogP contribution >= 0.6 is 0 Å². The molecule has 1 aromatic rings. The number of benzene rings is 1. The molecule has 2 unspecified atom stereocenters. The summed E-state index contributed by atoms with van der Waals surface area (Å²) in [6.45, 7) is 1.70. The molecule has 1 heterocycles. The average molecular weight is 313 g/mol. The molecule has 2 N–H and O–H groups in total. The van der Waals surface area contributed by atoms with E-state index in [0.29, 0.717) is 23.8 Å². The van der Waals surface area contributed by atoms with E-state index in [4.69, 9.17) is 5.73 Å². The van der Waals surface area contributed by atoms with Crippen molar-refractivity contribution in [3.05, 3.63) is 24.3 Å². The first kappa shape index (κ1) is 15.0. The highest BCUT2D eigenvalue weighted by Crippen LogP contribution is 2.43. The smallest absolute Gasteiger partial charge is 0.230 e. The molecule has 0 saturated heterocycles. The van der Waals surface area contributed by atoms with Crippen LogP contribution in [-0.4, -0.2) is 32.1 Å². The van der Waals surface area contributed by atoms with Crippen LogP contribution in [0.1, 0.15) is 32.1 Å². The Balaban J connectivity index is 1.57. The second kappa shape index (κ2) is 5.82. The largest absolute Gasteiger partial charge is 0.371 e. The Morgan fingerprint density at radius 1 is 1.09 bits per heavy atom. The van der Waals surface area contributed by atoms with Crippen molar-refractivity contribution < 1.29 is 4.79 Å². The van der Waals surface area contributed by atoms with E-state index in [0.717, 1.165) is 31.6 Å². The number of amides is 1. The first-order valence-electron chi connectivity index (χ1n) is 9.02. The van der Waals surface area contributed by atoms with E-state index >= 15 is 0 Å². The third kappa shape index (κ3) is 2.53. The quantitative estimate of drug-likeness (QED) is 0.867. The van der Waals surface area contributed by atoms with Gasteiger partial charge in [0.1, 0.15) is 0 Å². The van der Waals surface area contributed by atoms with Crippen molar-refractivity contribution in [3.8, 4) is 0 Å². The predicted molar refractivity (Wildman–Crippen MR) is 93.6 cm³/mol. The van der Waals surface area contributed by atoms with Gasteiger partial charge >= 0.3 is 0 Å². The Hall–Kier alpha value is -1.55. The monoisotopic (exact) mass is 313 g/mol. The van der Waals surface area contributed by atoms with Crippen molar-refractivity contribution >= 4 is 17.3 Å². The third-order valence-corrected chi connectivity index (χ3v) is 6.27. The number of carbonyl (C=O) groups is 1. The van der Waals surface area contributed by atoms with E-state index in [1.54, 1.807) is 0 Å². The summed E-state index contributed by atoms with van der Waals surface area (Å²) in [6.07, 6.45) is 5.69. The fraction of sp³-hybridized carbons (Fsp3) is 0.632. The van der Waals surface area contributed by atoms with Gasteiger partial charge in [-0.15, -0.1) is 0 Å². The molecule has 124 valence electrons. The molecule has 2 fully saturated rings. The number of nitrogens with two attached hydrogens (primary N) is 1. The van der Waals surface area contributed by atoms with Crippen molar-refractivity contribution in [3.63, 3.8) is 0 Å². The highest BCUT2D eigenvalue weighted by atomic mass is 16.2. The summed E-state index contributed by atoms with van der Waals surface area (Å²) in [7, 11) is 2.10. The summed E-state index contributed by atoms with van der Waals surface area (Å²) in [5.41, 5.74) is 8.63. The minimum Gasteiger partial charge on any atom is -0.371 e. The minimum absolute atomic E-state index is 0.168. The first-order chi connectivity index (χ1) is 11.1. The number of likely N-dealkylation sites (N-methyl/N-ethyl adjacent to an activating group) is 1. The average Bonchev–Trinajstić information content (AvgIpc) is 2.55. The molecule has 2 atom stereocenters. The van der Waals surface area contributed by atoms with Gasteiger partial charge < -0.3 is 15.5 Å². The van der Waals surface area contributed by atoms with Crippen molar-refractivity contribution in [2.45, 2.75) is 38.1 Å². The number of carbonyl (C=O) groups excluding carboxylic acids is 1. The van der Waals surface area contributed by atoms with Gasteiger partial charge in [-0.05, 0) is 49.7 Å². The van der Waals surface area contributed by atoms with E-state index in [2.05, 4.69) is 24.1 Å². The van der Waals surface area contributed by atoms with Gasteiger partial charge in [-0.1, -0.05) is 18.6 Å². The summed E-state index contributed by atoms with van der Waals surface area (Å²) in [6, 6.07) is 8.60. The van der Waals surface area contributed by atoms with Crippen LogP contribution in [0, 0.1) is 17.8 Å². The number of anilines is 2. The molecule has 2 bridgehead atoms. The van der Waals surface area contributed by atoms with E-state index in [1.807, 2.05) is 17.0 Å². The molecule has 0 aromatic heterocycles. The molecule has 3 aliphatic rings. The summed E-state index contributed by atoms with van der Waals surface area (Å²) >= 11 is 0. The maximum atomic E-state index is 13.2. The van der Waals surface area contributed by atoms with Crippen molar-refractivity contribution in [1.29, 1.82) is 0 Å². The second-order valence-corrected chi connectivity index (χ2v) is 7.60. The van der Waals surface area contributed by atoms with Crippen LogP contribution in [0.2, 0.25) is 0 Å². The molecule has 1 amide bonds. The highest BCUT2D eigenvalue weighted by molar-refractivity contribution is 5.99. The first-order valence-corrected chi connectivity index (χ1v) is 9.02. The van der Waals surface area contributed by atoms with Crippen molar-refractivity contribution in [1.82, 2.24) is 0 Å². The normalized spacial score (nSPS) is 33.3. The van der Waals surface area contributed by atoms with Crippen LogP contribution in [0.3, 0.4) is 0 Å². The maximum absolute atomic E-state index is 13.2. The van der Waals surface area contributed by atoms with Crippen LogP contribution < -0.4 is 15.5 Å². The molecule has 1 aliphatic heterocycles. The topological polar surface area (TPSA) is 49.6 Å². The SMILES string of the molecule is CN1CCN(C(=O)C2CC3CCCC(C2)C3N)c2ccccc21. The zero-order valence-corrected chi connectivity index (χ0v) is 13.9. The number of para-hydroxylation sites is 2. The number of rotatable bonds is 1. The van der Waals surface area contributed by atoms with E-state index in [9.17, 15) is 4.79 Å². The van der Waals surface area contributed by atoms with Crippen LogP contribution in [0.5, 0.6) is 0 Å². The van der Waals surface area contributed by atoms with Gasteiger partial charge in [0.05, 0.1) is 11.4 Å².